The van der Waals surface area contributed by atoms with Gasteiger partial charge in [0.05, 0.1) is 5.69 Å². The number of nitrogens with zero attached hydrogens (tertiary/aromatic N) is 2. The SMILES string of the molecule is Cn1c(C#N)ccc1-c1ccc2c(c1)C(C)(C)OC(=O)N2.[H-].[Na+]. The Morgan fingerprint density at radius 3 is 2.68 bits per heavy atom. The molecule has 1 amide bonds. The maximum absolute atomic E-state index is 11.5. The summed E-state index contributed by atoms with van der Waals surface area (Å²) in [6.07, 6.45) is -0.439. The van der Waals surface area contributed by atoms with Crippen molar-refractivity contribution in [2.75, 3.05) is 5.32 Å². The Bertz CT molecular complexity index is 793. The second-order valence-corrected chi connectivity index (χ2v) is 5.56. The van der Waals surface area contributed by atoms with Crippen molar-refractivity contribution in [2.24, 2.45) is 7.05 Å². The summed E-state index contributed by atoms with van der Waals surface area (Å²) >= 11 is 0. The van der Waals surface area contributed by atoms with Crippen LogP contribution in [0.4, 0.5) is 10.5 Å². The van der Waals surface area contributed by atoms with Gasteiger partial charge >= 0.3 is 35.7 Å². The van der Waals surface area contributed by atoms with Crippen LogP contribution in [-0.2, 0) is 17.4 Å². The number of aromatic nitrogens is 1. The summed E-state index contributed by atoms with van der Waals surface area (Å²) in [7, 11) is 1.86. The van der Waals surface area contributed by atoms with E-state index in [4.69, 9.17) is 10.00 Å². The molecule has 5 nitrogen and oxygen atoms in total. The van der Waals surface area contributed by atoms with Gasteiger partial charge in [0.15, 0.2) is 0 Å². The van der Waals surface area contributed by atoms with E-state index in [1.807, 2.05) is 49.7 Å². The van der Waals surface area contributed by atoms with Gasteiger partial charge in [-0.1, -0.05) is 6.07 Å². The number of carbonyl (C=O) groups is 1. The molecule has 0 saturated carbocycles. The Hall–Kier alpha value is -1.74. The van der Waals surface area contributed by atoms with Gasteiger partial charge in [-0.3, -0.25) is 5.32 Å². The molecule has 1 aliphatic rings. The van der Waals surface area contributed by atoms with E-state index in [1.54, 1.807) is 6.07 Å². The van der Waals surface area contributed by atoms with Gasteiger partial charge in [-0.25, -0.2) is 4.79 Å². The smallest absolute Gasteiger partial charge is 1.00 e. The zero-order valence-electron chi connectivity index (χ0n) is 14.1. The molecule has 22 heavy (non-hydrogen) atoms. The first-order valence-electron chi connectivity index (χ1n) is 6.63. The fourth-order valence-corrected chi connectivity index (χ4v) is 2.65. The quantitative estimate of drug-likeness (QED) is 0.779. The van der Waals surface area contributed by atoms with Crippen molar-refractivity contribution in [3.63, 3.8) is 0 Å². The Morgan fingerprint density at radius 2 is 2.05 bits per heavy atom. The second-order valence-electron chi connectivity index (χ2n) is 5.56. The number of hydrogen-bond acceptors (Lipinski definition) is 3. The minimum absolute atomic E-state index is 0. The average molecular weight is 305 g/mol. The Kier molecular flexibility index (Phi) is 4.39. The van der Waals surface area contributed by atoms with Crippen LogP contribution in [0.2, 0.25) is 0 Å². The van der Waals surface area contributed by atoms with Crippen LogP contribution in [0.1, 0.15) is 26.5 Å². The van der Waals surface area contributed by atoms with Crippen LogP contribution in [0, 0.1) is 11.3 Å². The van der Waals surface area contributed by atoms with Crippen LogP contribution >= 0.6 is 0 Å². The summed E-state index contributed by atoms with van der Waals surface area (Å²) in [6, 6.07) is 11.6. The Balaban J connectivity index is 0.00000132. The van der Waals surface area contributed by atoms with Crippen LogP contribution in [0.3, 0.4) is 0 Å². The predicted molar refractivity (Wildman–Crippen MR) is 79.8 cm³/mol. The monoisotopic (exact) mass is 305 g/mol. The molecule has 0 spiro atoms. The molecule has 0 bridgehead atoms. The molecule has 1 aliphatic heterocycles. The molecule has 1 N–H and O–H groups in total. The van der Waals surface area contributed by atoms with Crippen molar-refractivity contribution in [3.05, 3.63) is 41.6 Å². The molecule has 1 aromatic heterocycles. The van der Waals surface area contributed by atoms with Crippen LogP contribution < -0.4 is 34.9 Å². The summed E-state index contributed by atoms with van der Waals surface area (Å²) < 4.78 is 7.18. The number of hydrogen-bond donors (Lipinski definition) is 1. The average Bonchev–Trinajstić information content (AvgIpc) is 2.78. The van der Waals surface area contributed by atoms with E-state index in [2.05, 4.69) is 11.4 Å². The molecule has 0 unspecified atom stereocenters. The number of anilines is 1. The molecule has 6 heteroatoms. The molecular formula is C16H16N3NaO2. The second kappa shape index (κ2) is 5.81. The van der Waals surface area contributed by atoms with Gasteiger partial charge in [0.25, 0.3) is 0 Å². The first-order valence-corrected chi connectivity index (χ1v) is 6.63. The van der Waals surface area contributed by atoms with E-state index in [9.17, 15) is 4.79 Å². The van der Waals surface area contributed by atoms with Gasteiger partial charge in [-0.2, -0.15) is 5.26 Å². The molecule has 0 saturated heterocycles. The van der Waals surface area contributed by atoms with Crippen LogP contribution in [0.25, 0.3) is 11.3 Å². The van der Waals surface area contributed by atoms with Crippen molar-refractivity contribution in [2.45, 2.75) is 19.4 Å². The normalized spacial score (nSPS) is 14.9. The first kappa shape index (κ1) is 16.6. The number of cyclic esters (lactones) is 1. The number of rotatable bonds is 1. The number of amides is 1. The topological polar surface area (TPSA) is 67.0 Å². The standard InChI is InChI=1S/C16H15N3O2.Na.H/c1-16(2)12-8-10(4-6-13(12)18-15(20)21-16)14-7-5-11(9-17)19(14)3;;/h4-8H,1-3H3,(H,18,20);;/q;+1;-1. The summed E-state index contributed by atoms with van der Waals surface area (Å²) in [5.41, 5.74) is 3.52. The molecule has 2 aromatic rings. The summed E-state index contributed by atoms with van der Waals surface area (Å²) in [4.78, 5) is 11.5. The molecule has 0 radical (unpaired) electrons. The summed E-state index contributed by atoms with van der Waals surface area (Å²) in [5.74, 6) is 0. The predicted octanol–water partition coefficient (Wildman–Crippen LogP) is 0.477. The minimum atomic E-state index is -0.684. The number of ether oxygens (including phenoxy) is 1. The van der Waals surface area contributed by atoms with Crippen LogP contribution in [0.15, 0.2) is 30.3 Å². The third-order valence-corrected chi connectivity index (χ3v) is 3.78. The fraction of sp³-hybridized carbons (Fsp3) is 0.250. The van der Waals surface area contributed by atoms with Crippen molar-refractivity contribution in [3.8, 4) is 17.3 Å². The summed E-state index contributed by atoms with van der Waals surface area (Å²) in [6.45, 7) is 3.72. The Morgan fingerprint density at radius 1 is 1.32 bits per heavy atom. The maximum Gasteiger partial charge on any atom is 1.00 e. The molecule has 0 aliphatic carbocycles. The van der Waals surface area contributed by atoms with E-state index in [0.29, 0.717) is 5.69 Å². The number of carbonyl (C=O) groups excluding carboxylic acids is 1. The summed E-state index contributed by atoms with van der Waals surface area (Å²) in [5, 5.41) is 11.7. The van der Waals surface area contributed by atoms with E-state index in [0.717, 1.165) is 22.5 Å². The molecule has 0 atom stereocenters. The zero-order valence-corrected chi connectivity index (χ0v) is 15.1. The fourth-order valence-electron chi connectivity index (χ4n) is 2.65. The first-order chi connectivity index (χ1) is 9.92. The number of benzene rings is 1. The van der Waals surface area contributed by atoms with E-state index >= 15 is 0 Å². The number of fused-ring (bicyclic) bond motifs is 1. The molecule has 1 aromatic carbocycles. The van der Waals surface area contributed by atoms with Gasteiger partial charge in [0.1, 0.15) is 17.4 Å². The van der Waals surface area contributed by atoms with Crippen molar-refractivity contribution in [1.82, 2.24) is 4.57 Å². The molecule has 3 rings (SSSR count). The van der Waals surface area contributed by atoms with E-state index in [-0.39, 0.29) is 31.0 Å². The van der Waals surface area contributed by atoms with Gasteiger partial charge in [-0.05, 0) is 43.7 Å². The number of nitrogens with one attached hydrogen (secondary N) is 1. The van der Waals surface area contributed by atoms with Gasteiger partial charge in [-0.15, -0.1) is 0 Å². The molecule has 108 valence electrons. The third-order valence-electron chi connectivity index (χ3n) is 3.78. The van der Waals surface area contributed by atoms with Crippen molar-refractivity contribution >= 4 is 11.8 Å². The van der Waals surface area contributed by atoms with Crippen molar-refractivity contribution in [1.29, 1.82) is 5.26 Å². The zero-order chi connectivity index (χ0) is 15.2. The molecule has 2 heterocycles. The van der Waals surface area contributed by atoms with E-state index < -0.39 is 11.7 Å². The third kappa shape index (κ3) is 2.66. The van der Waals surface area contributed by atoms with Crippen LogP contribution in [-0.4, -0.2) is 10.7 Å². The van der Waals surface area contributed by atoms with E-state index in [1.165, 1.54) is 0 Å². The molecule has 0 fully saturated rings. The van der Waals surface area contributed by atoms with Gasteiger partial charge in [0.2, 0.25) is 0 Å². The minimum Gasteiger partial charge on any atom is -1.00 e. The van der Waals surface area contributed by atoms with Crippen LogP contribution in [0.5, 0.6) is 0 Å². The van der Waals surface area contributed by atoms with Gasteiger partial charge in [0, 0.05) is 18.3 Å². The van der Waals surface area contributed by atoms with Crippen molar-refractivity contribution < 1.29 is 40.5 Å². The number of nitriles is 1. The maximum atomic E-state index is 11.5. The van der Waals surface area contributed by atoms with Gasteiger partial charge < -0.3 is 10.7 Å². The molecular weight excluding hydrogens is 289 g/mol. The Labute approximate surface area is 152 Å². The largest absolute Gasteiger partial charge is 1.00 e.